The number of carbonyl (C=O) groups is 1. The van der Waals surface area contributed by atoms with E-state index in [1.807, 2.05) is 0 Å². The number of hydrogen-bond acceptors (Lipinski definition) is 5. The van der Waals surface area contributed by atoms with Crippen molar-refractivity contribution in [3.05, 3.63) is 18.2 Å². The summed E-state index contributed by atoms with van der Waals surface area (Å²) in [5.41, 5.74) is 0.507. The minimum atomic E-state index is -0.497. The molecule has 1 aliphatic heterocycles. The van der Waals surface area contributed by atoms with Gasteiger partial charge in [-0.15, -0.1) is 0 Å². The second-order valence-electron chi connectivity index (χ2n) is 3.94. The molecule has 98 valence electrons. The first-order chi connectivity index (χ1) is 8.70. The second-order valence-corrected chi connectivity index (χ2v) is 3.94. The molecule has 1 heterocycles. The molecule has 1 saturated heterocycles. The fraction of sp³-hybridized carbons (Fsp3) is 0.417. The Kier molecular flexibility index (Phi) is 4.01. The zero-order valence-corrected chi connectivity index (χ0v) is 10.1. The predicted molar refractivity (Wildman–Crippen MR) is 65.9 cm³/mol. The third-order valence-corrected chi connectivity index (χ3v) is 2.67. The van der Waals surface area contributed by atoms with Crippen LogP contribution in [0.1, 0.15) is 0 Å². The van der Waals surface area contributed by atoms with E-state index >= 15 is 0 Å². The lowest BCUT2D eigenvalue weighted by molar-refractivity contribution is -0.128. The van der Waals surface area contributed by atoms with Gasteiger partial charge in [-0.25, -0.2) is 0 Å². The monoisotopic (exact) mass is 252 g/mol. The van der Waals surface area contributed by atoms with Crippen molar-refractivity contribution in [1.29, 1.82) is 0 Å². The Hall–Kier alpha value is -1.79. The van der Waals surface area contributed by atoms with E-state index < -0.39 is 6.10 Å². The lowest BCUT2D eigenvalue weighted by atomic mass is 10.2. The normalized spacial score (nSPS) is 19.3. The van der Waals surface area contributed by atoms with Gasteiger partial charge in [-0.3, -0.25) is 4.79 Å². The molecule has 0 bridgehead atoms. The zero-order valence-electron chi connectivity index (χ0n) is 10.1. The number of phenols is 1. The lowest BCUT2D eigenvalue weighted by Crippen LogP contribution is -2.45. The molecular formula is C12H16N2O4. The molecule has 1 amide bonds. The summed E-state index contributed by atoms with van der Waals surface area (Å²) in [5.74, 6) is 0.119. The maximum atomic E-state index is 11.8. The molecule has 0 spiro atoms. The van der Waals surface area contributed by atoms with Crippen LogP contribution in [0.4, 0.5) is 5.69 Å². The Labute approximate surface area is 105 Å². The summed E-state index contributed by atoms with van der Waals surface area (Å²) in [5, 5.41) is 15.4. The Morgan fingerprint density at radius 1 is 1.61 bits per heavy atom. The number of carbonyl (C=O) groups excluding carboxylic acids is 1. The Morgan fingerprint density at radius 3 is 3.06 bits per heavy atom. The minimum absolute atomic E-state index is 0.0158. The molecule has 6 heteroatoms. The summed E-state index contributed by atoms with van der Waals surface area (Å²) in [6.45, 7) is 1.77. The number of phenolic OH excluding ortho intramolecular Hbond substituents is 1. The molecule has 1 aromatic carbocycles. The van der Waals surface area contributed by atoms with Crippen molar-refractivity contribution in [3.8, 4) is 11.5 Å². The van der Waals surface area contributed by atoms with Crippen molar-refractivity contribution in [2.45, 2.75) is 6.10 Å². The van der Waals surface area contributed by atoms with E-state index in [4.69, 9.17) is 9.47 Å². The molecule has 0 radical (unpaired) electrons. The van der Waals surface area contributed by atoms with E-state index in [0.717, 1.165) is 6.54 Å². The van der Waals surface area contributed by atoms with Gasteiger partial charge in [0.25, 0.3) is 5.91 Å². The summed E-state index contributed by atoms with van der Waals surface area (Å²) in [7, 11) is 1.47. The summed E-state index contributed by atoms with van der Waals surface area (Å²) >= 11 is 0. The maximum Gasteiger partial charge on any atom is 0.254 e. The SMILES string of the molecule is COc1ccc(NC(=O)C2CNCCO2)cc1O. The van der Waals surface area contributed by atoms with Gasteiger partial charge in [-0.2, -0.15) is 0 Å². The van der Waals surface area contributed by atoms with Crippen LogP contribution in [-0.2, 0) is 9.53 Å². The van der Waals surface area contributed by atoms with Crippen LogP contribution in [0.15, 0.2) is 18.2 Å². The first kappa shape index (κ1) is 12.7. The largest absolute Gasteiger partial charge is 0.504 e. The molecule has 1 fully saturated rings. The molecule has 1 atom stereocenters. The smallest absolute Gasteiger partial charge is 0.254 e. The molecule has 1 unspecified atom stereocenters. The Balaban J connectivity index is 2.00. The third kappa shape index (κ3) is 2.91. The zero-order chi connectivity index (χ0) is 13.0. The first-order valence-corrected chi connectivity index (χ1v) is 5.71. The van der Waals surface area contributed by atoms with Crippen molar-refractivity contribution >= 4 is 11.6 Å². The van der Waals surface area contributed by atoms with E-state index in [1.54, 1.807) is 12.1 Å². The molecule has 1 aliphatic rings. The van der Waals surface area contributed by atoms with Crippen LogP contribution in [0.2, 0.25) is 0 Å². The minimum Gasteiger partial charge on any atom is -0.504 e. The summed E-state index contributed by atoms with van der Waals surface area (Å²) < 4.78 is 10.2. The van der Waals surface area contributed by atoms with Crippen LogP contribution in [0, 0.1) is 0 Å². The highest BCUT2D eigenvalue weighted by atomic mass is 16.5. The summed E-state index contributed by atoms with van der Waals surface area (Å²) in [6, 6.07) is 4.69. The Bertz CT molecular complexity index is 430. The highest BCUT2D eigenvalue weighted by Gasteiger charge is 2.21. The van der Waals surface area contributed by atoms with Crippen LogP contribution in [0.5, 0.6) is 11.5 Å². The van der Waals surface area contributed by atoms with E-state index in [0.29, 0.717) is 24.6 Å². The number of nitrogens with one attached hydrogen (secondary N) is 2. The highest BCUT2D eigenvalue weighted by Crippen LogP contribution is 2.28. The van der Waals surface area contributed by atoms with Gasteiger partial charge in [-0.1, -0.05) is 0 Å². The lowest BCUT2D eigenvalue weighted by Gasteiger charge is -2.22. The van der Waals surface area contributed by atoms with E-state index in [1.165, 1.54) is 13.2 Å². The Morgan fingerprint density at radius 2 is 2.44 bits per heavy atom. The van der Waals surface area contributed by atoms with Crippen molar-refractivity contribution in [3.63, 3.8) is 0 Å². The van der Waals surface area contributed by atoms with E-state index in [2.05, 4.69) is 10.6 Å². The molecule has 2 rings (SSSR count). The first-order valence-electron chi connectivity index (χ1n) is 5.71. The van der Waals surface area contributed by atoms with Gasteiger partial charge in [-0.05, 0) is 12.1 Å². The van der Waals surface area contributed by atoms with Crippen molar-refractivity contribution in [2.24, 2.45) is 0 Å². The third-order valence-electron chi connectivity index (χ3n) is 2.67. The standard InChI is InChI=1S/C12H16N2O4/c1-17-10-3-2-8(6-9(10)15)14-12(16)11-7-13-4-5-18-11/h2-3,6,11,13,15H,4-5,7H2,1H3,(H,14,16). The van der Waals surface area contributed by atoms with E-state index in [9.17, 15) is 9.90 Å². The number of anilines is 1. The van der Waals surface area contributed by atoms with Crippen LogP contribution in [-0.4, -0.2) is 43.9 Å². The molecule has 1 aromatic rings. The topological polar surface area (TPSA) is 79.8 Å². The average molecular weight is 252 g/mol. The van der Waals surface area contributed by atoms with Crippen LogP contribution in [0.25, 0.3) is 0 Å². The van der Waals surface area contributed by atoms with E-state index in [-0.39, 0.29) is 11.7 Å². The molecule has 18 heavy (non-hydrogen) atoms. The van der Waals surface area contributed by atoms with Gasteiger partial charge in [0, 0.05) is 24.8 Å². The average Bonchev–Trinajstić information content (AvgIpc) is 2.40. The number of ether oxygens (including phenoxy) is 2. The quantitative estimate of drug-likeness (QED) is 0.722. The number of aromatic hydroxyl groups is 1. The van der Waals surface area contributed by atoms with Gasteiger partial charge in [0.1, 0.15) is 6.10 Å². The fourth-order valence-corrected chi connectivity index (χ4v) is 1.72. The number of methoxy groups -OCH3 is 1. The van der Waals surface area contributed by atoms with Gasteiger partial charge in [0.05, 0.1) is 13.7 Å². The van der Waals surface area contributed by atoms with Crippen LogP contribution < -0.4 is 15.4 Å². The maximum absolute atomic E-state index is 11.8. The number of rotatable bonds is 3. The van der Waals surface area contributed by atoms with Gasteiger partial charge >= 0.3 is 0 Å². The number of hydrogen-bond donors (Lipinski definition) is 3. The van der Waals surface area contributed by atoms with Crippen molar-refractivity contribution in [2.75, 3.05) is 32.1 Å². The molecule has 3 N–H and O–H groups in total. The molecule has 6 nitrogen and oxygen atoms in total. The summed E-state index contributed by atoms with van der Waals surface area (Å²) in [6.07, 6.45) is -0.497. The van der Waals surface area contributed by atoms with Crippen LogP contribution >= 0.6 is 0 Å². The van der Waals surface area contributed by atoms with Gasteiger partial charge in [0.2, 0.25) is 0 Å². The van der Waals surface area contributed by atoms with Crippen LogP contribution in [0.3, 0.4) is 0 Å². The number of amides is 1. The predicted octanol–water partition coefficient (Wildman–Crippen LogP) is 0.328. The van der Waals surface area contributed by atoms with Gasteiger partial charge < -0.3 is 25.2 Å². The second kappa shape index (κ2) is 5.70. The fourth-order valence-electron chi connectivity index (χ4n) is 1.72. The molecule has 0 aliphatic carbocycles. The van der Waals surface area contributed by atoms with Gasteiger partial charge in [0.15, 0.2) is 11.5 Å². The highest BCUT2D eigenvalue weighted by molar-refractivity contribution is 5.94. The number of benzene rings is 1. The van der Waals surface area contributed by atoms with Crippen molar-refractivity contribution in [1.82, 2.24) is 5.32 Å². The molecule has 0 aromatic heterocycles. The number of morpholine rings is 1. The molecule has 0 saturated carbocycles. The molecular weight excluding hydrogens is 236 g/mol. The summed E-state index contributed by atoms with van der Waals surface area (Å²) in [4.78, 5) is 11.8. The van der Waals surface area contributed by atoms with Crippen molar-refractivity contribution < 1.29 is 19.4 Å².